The quantitative estimate of drug-likeness (QED) is 0.582. The molecular formula is C20H19N5O3S2. The number of aromatic nitrogens is 1. The average Bonchev–Trinajstić information content (AvgIpc) is 3.22. The van der Waals surface area contributed by atoms with Crippen LogP contribution in [0, 0.1) is 19.3 Å². The van der Waals surface area contributed by atoms with Crippen LogP contribution in [0.25, 0.3) is 6.08 Å². The van der Waals surface area contributed by atoms with Crippen molar-refractivity contribution in [2.24, 2.45) is 9.39 Å². The van der Waals surface area contributed by atoms with Gasteiger partial charge < -0.3 is 4.57 Å². The molecule has 2 aromatic rings. The van der Waals surface area contributed by atoms with E-state index in [1.54, 1.807) is 6.08 Å². The Morgan fingerprint density at radius 1 is 1.20 bits per heavy atom. The van der Waals surface area contributed by atoms with Gasteiger partial charge in [0.05, 0.1) is 17.5 Å². The van der Waals surface area contributed by atoms with Crippen LogP contribution in [-0.4, -0.2) is 46.2 Å². The molecule has 0 aliphatic carbocycles. The molecule has 2 aliphatic rings. The second-order valence-electron chi connectivity index (χ2n) is 7.08. The summed E-state index contributed by atoms with van der Waals surface area (Å²) in [4.78, 5) is 17.6. The molecule has 154 valence electrons. The van der Waals surface area contributed by atoms with Crippen molar-refractivity contribution in [2.75, 3.05) is 6.26 Å². The SMILES string of the molecule is Cc1cc(/C=C2/C(=N)N3C(=NC2=O)SN=C3S(C)(=O)=O)c(C)n1Cc1ccccc1. The van der Waals surface area contributed by atoms with Crippen molar-refractivity contribution < 1.29 is 13.2 Å². The Bertz CT molecular complexity index is 1270. The van der Waals surface area contributed by atoms with Gasteiger partial charge in [0, 0.05) is 24.2 Å². The fourth-order valence-electron chi connectivity index (χ4n) is 3.38. The van der Waals surface area contributed by atoms with Crippen molar-refractivity contribution in [3.63, 3.8) is 0 Å². The number of aryl methyl sites for hydroxylation is 1. The first-order valence-corrected chi connectivity index (χ1v) is 11.7. The summed E-state index contributed by atoms with van der Waals surface area (Å²) >= 11 is 0.780. The largest absolute Gasteiger partial charge is 0.344 e. The number of aliphatic imine (C=N–C) groups is 1. The number of rotatable bonds is 3. The lowest BCUT2D eigenvalue weighted by molar-refractivity contribution is -0.114. The number of hydrogen-bond acceptors (Lipinski definition) is 6. The molecule has 1 amide bonds. The first-order chi connectivity index (χ1) is 14.2. The Hall–Kier alpha value is -2.98. The third-order valence-corrected chi connectivity index (χ3v) is 6.68. The second kappa shape index (κ2) is 7.37. The zero-order valence-electron chi connectivity index (χ0n) is 16.6. The van der Waals surface area contributed by atoms with E-state index >= 15 is 0 Å². The van der Waals surface area contributed by atoms with Gasteiger partial charge in [0.2, 0.25) is 20.2 Å². The fourth-order valence-corrected chi connectivity index (χ4v) is 5.22. The lowest BCUT2D eigenvalue weighted by Gasteiger charge is -2.23. The number of nitrogens with one attached hydrogen (secondary N) is 1. The van der Waals surface area contributed by atoms with Crippen LogP contribution in [-0.2, 0) is 21.2 Å². The minimum Gasteiger partial charge on any atom is -0.344 e. The van der Waals surface area contributed by atoms with Gasteiger partial charge in [0.25, 0.3) is 5.91 Å². The molecule has 0 unspecified atom stereocenters. The molecule has 30 heavy (non-hydrogen) atoms. The maximum absolute atomic E-state index is 12.6. The molecule has 4 rings (SSSR count). The molecule has 0 saturated carbocycles. The van der Waals surface area contributed by atoms with E-state index in [9.17, 15) is 13.2 Å². The number of carbonyl (C=O) groups excluding carboxylic acids is 1. The molecule has 0 saturated heterocycles. The van der Waals surface area contributed by atoms with Crippen molar-refractivity contribution in [3.8, 4) is 0 Å². The van der Waals surface area contributed by atoms with E-state index in [0.29, 0.717) is 6.54 Å². The number of amides is 1. The summed E-state index contributed by atoms with van der Waals surface area (Å²) < 4.78 is 30.0. The number of hydrogen-bond donors (Lipinski definition) is 1. The van der Waals surface area contributed by atoms with Crippen molar-refractivity contribution in [2.45, 2.75) is 20.4 Å². The minimum atomic E-state index is -3.67. The first kappa shape index (κ1) is 20.3. The number of carbonyl (C=O) groups is 1. The van der Waals surface area contributed by atoms with Crippen LogP contribution in [0.15, 0.2) is 51.4 Å². The molecule has 0 radical (unpaired) electrons. The molecule has 3 heterocycles. The average molecular weight is 442 g/mol. The molecule has 1 N–H and O–H groups in total. The Morgan fingerprint density at radius 2 is 1.90 bits per heavy atom. The van der Waals surface area contributed by atoms with Crippen molar-refractivity contribution in [1.82, 2.24) is 9.47 Å². The van der Waals surface area contributed by atoms with E-state index < -0.39 is 15.7 Å². The molecule has 1 aromatic heterocycles. The Labute approximate surface area is 178 Å². The van der Waals surface area contributed by atoms with Crippen molar-refractivity contribution in [3.05, 3.63) is 64.5 Å². The highest BCUT2D eigenvalue weighted by atomic mass is 32.2. The smallest absolute Gasteiger partial charge is 0.283 e. The van der Waals surface area contributed by atoms with Crippen molar-refractivity contribution in [1.29, 1.82) is 5.41 Å². The van der Waals surface area contributed by atoms with Crippen LogP contribution in [0.3, 0.4) is 0 Å². The molecule has 1 aromatic carbocycles. The fraction of sp³-hybridized carbons (Fsp3) is 0.200. The lowest BCUT2D eigenvalue weighted by atomic mass is 10.1. The summed E-state index contributed by atoms with van der Waals surface area (Å²) in [6.07, 6.45) is 2.61. The van der Waals surface area contributed by atoms with Crippen LogP contribution >= 0.6 is 11.9 Å². The monoisotopic (exact) mass is 441 g/mol. The molecule has 8 nitrogen and oxygen atoms in total. The molecule has 0 atom stereocenters. The van der Waals surface area contributed by atoms with E-state index in [4.69, 9.17) is 5.41 Å². The van der Waals surface area contributed by atoms with Crippen molar-refractivity contribution >= 4 is 49.9 Å². The Balaban J connectivity index is 1.72. The van der Waals surface area contributed by atoms with Gasteiger partial charge in [-0.25, -0.2) is 13.3 Å². The van der Waals surface area contributed by atoms with Gasteiger partial charge in [0.1, 0.15) is 5.84 Å². The van der Waals surface area contributed by atoms with Gasteiger partial charge in [-0.1, -0.05) is 30.3 Å². The lowest BCUT2D eigenvalue weighted by Crippen LogP contribution is -2.45. The molecule has 10 heteroatoms. The number of amidine groups is 3. The van der Waals surface area contributed by atoms with E-state index in [2.05, 4.69) is 14.0 Å². The Kier molecular flexibility index (Phi) is 4.99. The third kappa shape index (κ3) is 3.52. The summed E-state index contributed by atoms with van der Waals surface area (Å²) in [6.45, 7) is 4.61. The zero-order chi connectivity index (χ0) is 21.6. The number of benzene rings is 1. The van der Waals surface area contributed by atoms with E-state index in [1.807, 2.05) is 50.2 Å². The predicted octanol–water partition coefficient (Wildman–Crippen LogP) is 2.77. The number of fused-ring (bicyclic) bond motifs is 1. The summed E-state index contributed by atoms with van der Waals surface area (Å²) in [5.41, 5.74) is 3.90. The van der Waals surface area contributed by atoms with Gasteiger partial charge >= 0.3 is 0 Å². The highest BCUT2D eigenvalue weighted by Gasteiger charge is 2.41. The topological polar surface area (TPSA) is 108 Å². The van der Waals surface area contributed by atoms with E-state index in [1.165, 1.54) is 0 Å². The minimum absolute atomic E-state index is 0.0255. The predicted molar refractivity (Wildman–Crippen MR) is 119 cm³/mol. The van der Waals surface area contributed by atoms with Gasteiger partial charge in [-0.2, -0.15) is 9.39 Å². The van der Waals surface area contributed by atoms with E-state index in [-0.39, 0.29) is 21.7 Å². The number of sulfone groups is 1. The molecule has 0 fully saturated rings. The van der Waals surface area contributed by atoms with E-state index in [0.717, 1.165) is 45.6 Å². The van der Waals surface area contributed by atoms with Gasteiger partial charge in [0.15, 0.2) is 0 Å². The van der Waals surface area contributed by atoms with Crippen LogP contribution in [0.2, 0.25) is 0 Å². The number of nitrogens with zero attached hydrogens (tertiary/aromatic N) is 4. The van der Waals surface area contributed by atoms with Gasteiger partial charge in [-0.15, -0.1) is 0 Å². The second-order valence-corrected chi connectivity index (χ2v) is 9.72. The standard InChI is InChI=1S/C20H19N5O3S2/c1-12-9-15(13(2)24(12)11-14-7-5-4-6-8-14)10-16-17(21)25-19(22-18(16)26)29-23-20(25)30(3,27)28/h4-10,21H,11H2,1-3H3/b16-10-,21-17?. The zero-order valence-corrected chi connectivity index (χ0v) is 18.2. The summed E-state index contributed by atoms with van der Waals surface area (Å²) in [6, 6.07) is 12.0. The summed E-state index contributed by atoms with van der Waals surface area (Å²) in [5, 5.41) is 8.26. The summed E-state index contributed by atoms with van der Waals surface area (Å²) in [7, 11) is -3.67. The molecule has 2 aliphatic heterocycles. The summed E-state index contributed by atoms with van der Waals surface area (Å²) in [5.74, 6) is -0.830. The molecular weight excluding hydrogens is 422 g/mol. The maximum Gasteiger partial charge on any atom is 0.283 e. The first-order valence-electron chi connectivity index (χ1n) is 9.06. The highest BCUT2D eigenvalue weighted by Crippen LogP contribution is 2.30. The molecule has 0 bridgehead atoms. The van der Waals surface area contributed by atoms with Crippen LogP contribution in [0.1, 0.15) is 22.5 Å². The van der Waals surface area contributed by atoms with Gasteiger partial charge in [-0.3, -0.25) is 10.2 Å². The Morgan fingerprint density at radius 3 is 2.57 bits per heavy atom. The van der Waals surface area contributed by atoms with Gasteiger partial charge in [-0.05, 0) is 37.1 Å². The van der Waals surface area contributed by atoms with Crippen LogP contribution in [0.4, 0.5) is 0 Å². The normalized spacial score (nSPS) is 18.0. The highest BCUT2D eigenvalue weighted by molar-refractivity contribution is 8.16. The van der Waals surface area contributed by atoms with Crippen LogP contribution < -0.4 is 0 Å². The third-order valence-electron chi connectivity index (χ3n) is 4.92. The van der Waals surface area contributed by atoms with Crippen LogP contribution in [0.5, 0.6) is 0 Å². The molecule has 0 spiro atoms. The maximum atomic E-state index is 12.6.